The fraction of sp³-hybridized carbons (Fsp3) is 0.125. The quantitative estimate of drug-likeness (QED) is 0.394. The Morgan fingerprint density at radius 3 is 2.37 bits per heavy atom. The molecule has 3 aromatic carbocycles. The van der Waals surface area contributed by atoms with Gasteiger partial charge in [0.1, 0.15) is 5.75 Å². The number of hydrogen-bond acceptors (Lipinski definition) is 5. The number of thiazole rings is 1. The third-order valence-electron chi connectivity index (χ3n) is 4.79. The molecule has 1 heterocycles. The molecule has 0 aliphatic rings. The van der Waals surface area contributed by atoms with Crippen LogP contribution in [0.1, 0.15) is 22.8 Å². The average molecular weight is 417 g/mol. The van der Waals surface area contributed by atoms with Crippen molar-refractivity contribution < 1.29 is 14.3 Å². The van der Waals surface area contributed by atoms with Crippen LogP contribution in [-0.4, -0.2) is 23.8 Å². The molecular formula is C24H20N2O3S. The highest BCUT2D eigenvalue weighted by molar-refractivity contribution is 7.22. The Labute approximate surface area is 178 Å². The van der Waals surface area contributed by atoms with Crippen LogP contribution in [0.2, 0.25) is 0 Å². The number of ether oxygens (including phenoxy) is 1. The van der Waals surface area contributed by atoms with E-state index in [1.807, 2.05) is 48.5 Å². The van der Waals surface area contributed by atoms with E-state index in [2.05, 4.69) is 4.98 Å². The van der Waals surface area contributed by atoms with Gasteiger partial charge in [-0.1, -0.05) is 41.7 Å². The fourth-order valence-electron chi connectivity index (χ4n) is 3.25. The van der Waals surface area contributed by atoms with Crippen molar-refractivity contribution in [3.8, 4) is 5.75 Å². The molecule has 0 N–H and O–H groups in total. The molecule has 4 rings (SSSR count). The highest BCUT2D eigenvalue weighted by atomic mass is 32.1. The average Bonchev–Trinajstić information content (AvgIpc) is 3.18. The smallest absolute Gasteiger partial charge is 0.237 e. The maximum absolute atomic E-state index is 13.4. The number of amides is 1. The first-order chi connectivity index (χ1) is 14.6. The van der Waals surface area contributed by atoms with Crippen LogP contribution in [0.3, 0.4) is 0 Å². The zero-order valence-electron chi connectivity index (χ0n) is 16.7. The molecule has 0 saturated carbocycles. The molecule has 0 atom stereocenters. The summed E-state index contributed by atoms with van der Waals surface area (Å²) in [6, 6.07) is 22.3. The molecular weight excluding hydrogens is 396 g/mol. The SMILES string of the molecule is COc1ccccc1CC(=O)N(c1ccc(C(C)=O)cc1)c1nc2ccccc2s1. The Morgan fingerprint density at radius 2 is 1.67 bits per heavy atom. The number of fused-ring (bicyclic) bond motifs is 1. The highest BCUT2D eigenvalue weighted by Crippen LogP contribution is 2.34. The molecule has 1 aromatic heterocycles. The summed E-state index contributed by atoms with van der Waals surface area (Å²) in [5.74, 6) is 0.518. The zero-order chi connectivity index (χ0) is 21.1. The number of methoxy groups -OCH3 is 1. The number of carbonyl (C=O) groups is 2. The molecule has 0 saturated heterocycles. The van der Waals surface area contributed by atoms with E-state index >= 15 is 0 Å². The molecule has 0 aliphatic heterocycles. The van der Waals surface area contributed by atoms with Gasteiger partial charge in [-0.2, -0.15) is 0 Å². The normalized spacial score (nSPS) is 10.7. The predicted octanol–water partition coefficient (Wildman–Crippen LogP) is 5.41. The lowest BCUT2D eigenvalue weighted by Crippen LogP contribution is -2.27. The lowest BCUT2D eigenvalue weighted by molar-refractivity contribution is -0.117. The molecule has 6 heteroatoms. The minimum absolute atomic E-state index is 0.0200. The topological polar surface area (TPSA) is 59.5 Å². The van der Waals surface area contributed by atoms with Gasteiger partial charge in [0.2, 0.25) is 5.91 Å². The molecule has 0 radical (unpaired) electrons. The largest absolute Gasteiger partial charge is 0.496 e. The summed E-state index contributed by atoms with van der Waals surface area (Å²) in [5.41, 5.74) is 2.91. The van der Waals surface area contributed by atoms with Gasteiger partial charge in [0.15, 0.2) is 10.9 Å². The number of carbonyl (C=O) groups excluding carboxylic acids is 2. The Kier molecular flexibility index (Phi) is 5.59. The molecule has 0 fully saturated rings. The zero-order valence-corrected chi connectivity index (χ0v) is 17.5. The summed E-state index contributed by atoms with van der Waals surface area (Å²) in [4.78, 5) is 31.4. The van der Waals surface area contributed by atoms with E-state index in [0.29, 0.717) is 22.1 Å². The van der Waals surface area contributed by atoms with Crippen LogP contribution in [-0.2, 0) is 11.2 Å². The maximum atomic E-state index is 13.4. The van der Waals surface area contributed by atoms with Crippen molar-refractivity contribution in [1.29, 1.82) is 0 Å². The van der Waals surface area contributed by atoms with Gasteiger partial charge in [-0.05, 0) is 49.4 Å². The summed E-state index contributed by atoms with van der Waals surface area (Å²) in [7, 11) is 1.59. The number of nitrogens with zero attached hydrogens (tertiary/aromatic N) is 2. The van der Waals surface area contributed by atoms with Gasteiger partial charge in [0, 0.05) is 11.1 Å². The van der Waals surface area contributed by atoms with Gasteiger partial charge in [-0.3, -0.25) is 14.5 Å². The third kappa shape index (κ3) is 3.95. The highest BCUT2D eigenvalue weighted by Gasteiger charge is 2.23. The number of ketones is 1. The van der Waals surface area contributed by atoms with Crippen LogP contribution >= 0.6 is 11.3 Å². The van der Waals surface area contributed by atoms with E-state index in [1.54, 1.807) is 36.3 Å². The molecule has 4 aromatic rings. The summed E-state index contributed by atoms with van der Waals surface area (Å²) < 4.78 is 6.41. The Morgan fingerprint density at radius 1 is 0.967 bits per heavy atom. The van der Waals surface area contributed by atoms with Crippen molar-refractivity contribution in [2.45, 2.75) is 13.3 Å². The van der Waals surface area contributed by atoms with E-state index in [0.717, 1.165) is 15.8 Å². The van der Waals surface area contributed by atoms with Crippen LogP contribution < -0.4 is 9.64 Å². The number of rotatable bonds is 6. The number of benzene rings is 3. The first kappa shape index (κ1) is 19.8. The van der Waals surface area contributed by atoms with Crippen molar-refractivity contribution in [3.63, 3.8) is 0 Å². The second-order valence-electron chi connectivity index (χ2n) is 6.78. The Bertz CT molecular complexity index is 1180. The molecule has 150 valence electrons. The number of aromatic nitrogens is 1. The summed E-state index contributed by atoms with van der Waals surface area (Å²) >= 11 is 1.46. The second-order valence-corrected chi connectivity index (χ2v) is 7.79. The summed E-state index contributed by atoms with van der Waals surface area (Å²) in [5, 5.41) is 0.590. The standard InChI is InChI=1S/C24H20N2O3S/c1-16(27)17-11-13-19(14-12-17)26(24-25-20-8-4-6-10-22(20)30-24)23(28)15-18-7-3-5-9-21(18)29-2/h3-14H,15H2,1-2H3. The molecule has 1 amide bonds. The lowest BCUT2D eigenvalue weighted by Gasteiger charge is -2.21. The first-order valence-electron chi connectivity index (χ1n) is 9.48. The van der Waals surface area contributed by atoms with Crippen molar-refractivity contribution in [1.82, 2.24) is 4.98 Å². The maximum Gasteiger partial charge on any atom is 0.237 e. The van der Waals surface area contributed by atoms with Crippen molar-refractivity contribution in [3.05, 3.63) is 83.9 Å². The number of para-hydroxylation sites is 2. The van der Waals surface area contributed by atoms with Gasteiger partial charge in [-0.15, -0.1) is 0 Å². The lowest BCUT2D eigenvalue weighted by atomic mass is 10.1. The molecule has 5 nitrogen and oxygen atoms in total. The molecule has 0 bridgehead atoms. The van der Waals surface area contributed by atoms with Gasteiger partial charge in [0.05, 0.1) is 29.4 Å². The van der Waals surface area contributed by atoms with Crippen LogP contribution in [0.25, 0.3) is 10.2 Å². The van der Waals surface area contributed by atoms with Gasteiger partial charge in [0.25, 0.3) is 0 Å². The predicted molar refractivity (Wildman–Crippen MR) is 120 cm³/mol. The molecule has 0 spiro atoms. The molecule has 0 aliphatic carbocycles. The number of Topliss-reactive ketones (excluding diaryl/α,β-unsaturated/α-hetero) is 1. The van der Waals surface area contributed by atoms with Gasteiger partial charge < -0.3 is 4.74 Å². The molecule has 30 heavy (non-hydrogen) atoms. The Balaban J connectivity index is 1.76. The van der Waals surface area contributed by atoms with Gasteiger partial charge in [-0.25, -0.2) is 4.98 Å². The number of anilines is 2. The summed E-state index contributed by atoms with van der Waals surface area (Å²) in [6.45, 7) is 1.52. The first-order valence-corrected chi connectivity index (χ1v) is 10.3. The summed E-state index contributed by atoms with van der Waals surface area (Å²) in [6.07, 6.45) is 0.161. The van der Waals surface area contributed by atoms with E-state index < -0.39 is 0 Å². The van der Waals surface area contributed by atoms with E-state index in [4.69, 9.17) is 4.74 Å². The van der Waals surface area contributed by atoms with Crippen LogP contribution in [0.5, 0.6) is 5.75 Å². The van der Waals surface area contributed by atoms with E-state index in [-0.39, 0.29) is 18.1 Å². The minimum atomic E-state index is -0.130. The monoisotopic (exact) mass is 416 g/mol. The van der Waals surface area contributed by atoms with Gasteiger partial charge >= 0.3 is 0 Å². The third-order valence-corrected chi connectivity index (χ3v) is 5.81. The molecule has 0 unspecified atom stereocenters. The van der Waals surface area contributed by atoms with Crippen molar-refractivity contribution >= 4 is 44.1 Å². The second kappa shape index (κ2) is 8.47. The van der Waals surface area contributed by atoms with Crippen LogP contribution in [0.15, 0.2) is 72.8 Å². The number of hydrogen-bond donors (Lipinski definition) is 0. The van der Waals surface area contributed by atoms with Crippen molar-refractivity contribution in [2.24, 2.45) is 0 Å². The fourth-order valence-corrected chi connectivity index (χ4v) is 4.26. The van der Waals surface area contributed by atoms with Crippen LogP contribution in [0, 0.1) is 0 Å². The van der Waals surface area contributed by atoms with Crippen molar-refractivity contribution in [2.75, 3.05) is 12.0 Å². The van der Waals surface area contributed by atoms with E-state index in [9.17, 15) is 9.59 Å². The van der Waals surface area contributed by atoms with E-state index in [1.165, 1.54) is 18.3 Å². The van der Waals surface area contributed by atoms with Crippen LogP contribution in [0.4, 0.5) is 10.8 Å². The minimum Gasteiger partial charge on any atom is -0.496 e. The Hall–Kier alpha value is -3.51.